The Morgan fingerprint density at radius 3 is 2.67 bits per heavy atom. The second kappa shape index (κ2) is 6.65. The lowest BCUT2D eigenvalue weighted by Gasteiger charge is -2.10. The maximum Gasteiger partial charge on any atom is 0.170 e. The molecule has 0 amide bonds. The number of benzene rings is 2. The molecule has 0 atom stereocenters. The van der Waals surface area contributed by atoms with E-state index < -0.39 is 5.82 Å². The highest BCUT2D eigenvalue weighted by atomic mass is 35.5. The van der Waals surface area contributed by atoms with Crippen molar-refractivity contribution in [2.75, 3.05) is 5.32 Å². The minimum atomic E-state index is -0.468. The number of nitrogens with one attached hydrogen (secondary N) is 1. The van der Waals surface area contributed by atoms with Gasteiger partial charge in [-0.05, 0) is 24.3 Å². The van der Waals surface area contributed by atoms with Crippen LogP contribution in [-0.2, 0) is 6.54 Å². The van der Waals surface area contributed by atoms with Crippen LogP contribution in [0.15, 0.2) is 41.6 Å². The van der Waals surface area contributed by atoms with Crippen LogP contribution in [-0.4, -0.2) is 11.0 Å². The van der Waals surface area contributed by atoms with Gasteiger partial charge < -0.3 is 16.3 Å². The Kier molecular flexibility index (Phi) is 4.88. The smallest absolute Gasteiger partial charge is 0.170 e. The number of anilines is 1. The molecular weight excluding hydrogens is 316 g/mol. The molecule has 0 spiro atoms. The standard InChI is InChI=1S/C14H12Cl2FN3O/c15-10-3-4-11(16)13(6-10)19-7-9-2-1-8(5-12(9)17)14(18)20-21/h1-6,19,21H,7H2,(H2,18,20). The molecule has 0 aromatic heterocycles. The summed E-state index contributed by atoms with van der Waals surface area (Å²) in [5.74, 6) is -0.615. The van der Waals surface area contributed by atoms with Crippen molar-refractivity contribution in [3.63, 3.8) is 0 Å². The minimum Gasteiger partial charge on any atom is -0.409 e. The summed E-state index contributed by atoms with van der Waals surface area (Å²) < 4.78 is 13.9. The van der Waals surface area contributed by atoms with E-state index in [1.807, 2.05) is 0 Å². The molecule has 0 fully saturated rings. The van der Waals surface area contributed by atoms with E-state index in [0.29, 0.717) is 26.9 Å². The van der Waals surface area contributed by atoms with E-state index in [9.17, 15) is 4.39 Å². The van der Waals surface area contributed by atoms with E-state index in [4.69, 9.17) is 34.1 Å². The summed E-state index contributed by atoms with van der Waals surface area (Å²) in [5, 5.41) is 15.4. The molecule has 2 rings (SSSR count). The molecule has 110 valence electrons. The summed E-state index contributed by atoms with van der Waals surface area (Å²) in [6.45, 7) is 0.225. The van der Waals surface area contributed by atoms with Crippen LogP contribution in [0, 0.1) is 5.82 Å². The highest BCUT2D eigenvalue weighted by Gasteiger charge is 2.07. The van der Waals surface area contributed by atoms with Gasteiger partial charge in [0.05, 0.1) is 10.7 Å². The van der Waals surface area contributed by atoms with Crippen molar-refractivity contribution in [3.8, 4) is 0 Å². The van der Waals surface area contributed by atoms with Crippen molar-refractivity contribution in [1.82, 2.24) is 0 Å². The lowest BCUT2D eigenvalue weighted by molar-refractivity contribution is 0.318. The molecule has 4 nitrogen and oxygen atoms in total. The number of hydrogen-bond donors (Lipinski definition) is 3. The van der Waals surface area contributed by atoms with Crippen LogP contribution in [0.1, 0.15) is 11.1 Å². The normalized spacial score (nSPS) is 11.5. The third-order valence-electron chi connectivity index (χ3n) is 2.85. The molecular formula is C14H12Cl2FN3O. The second-order valence-corrected chi connectivity index (χ2v) is 5.11. The predicted molar refractivity (Wildman–Crippen MR) is 82.7 cm³/mol. The van der Waals surface area contributed by atoms with E-state index in [1.165, 1.54) is 6.07 Å². The Bertz CT molecular complexity index is 692. The first-order chi connectivity index (χ1) is 10.0. The maximum absolute atomic E-state index is 13.9. The zero-order valence-corrected chi connectivity index (χ0v) is 12.3. The Morgan fingerprint density at radius 1 is 1.24 bits per heavy atom. The lowest BCUT2D eigenvalue weighted by atomic mass is 10.1. The summed E-state index contributed by atoms with van der Waals surface area (Å²) in [6, 6.07) is 9.30. The minimum absolute atomic E-state index is 0.147. The van der Waals surface area contributed by atoms with E-state index >= 15 is 0 Å². The van der Waals surface area contributed by atoms with Crippen LogP contribution < -0.4 is 11.1 Å². The predicted octanol–water partition coefficient (Wildman–Crippen LogP) is 3.84. The average Bonchev–Trinajstić information content (AvgIpc) is 2.48. The number of hydrogen-bond acceptors (Lipinski definition) is 3. The van der Waals surface area contributed by atoms with Crippen molar-refractivity contribution < 1.29 is 9.60 Å². The molecule has 0 saturated heterocycles. The molecule has 0 unspecified atom stereocenters. The third-order valence-corrected chi connectivity index (χ3v) is 3.42. The van der Waals surface area contributed by atoms with Crippen LogP contribution >= 0.6 is 23.2 Å². The molecule has 21 heavy (non-hydrogen) atoms. The van der Waals surface area contributed by atoms with Crippen LogP contribution in [0.25, 0.3) is 0 Å². The van der Waals surface area contributed by atoms with Crippen LogP contribution in [0.3, 0.4) is 0 Å². The number of rotatable bonds is 4. The van der Waals surface area contributed by atoms with Gasteiger partial charge in [-0.15, -0.1) is 0 Å². The largest absolute Gasteiger partial charge is 0.409 e. The van der Waals surface area contributed by atoms with Crippen molar-refractivity contribution in [3.05, 3.63) is 63.4 Å². The summed E-state index contributed by atoms with van der Waals surface area (Å²) in [7, 11) is 0. The van der Waals surface area contributed by atoms with Crippen LogP contribution in [0.4, 0.5) is 10.1 Å². The number of halogens is 3. The Balaban J connectivity index is 2.15. The summed E-state index contributed by atoms with van der Waals surface area (Å²) >= 11 is 11.9. The molecule has 2 aromatic carbocycles. The summed E-state index contributed by atoms with van der Waals surface area (Å²) in [6.07, 6.45) is 0. The molecule has 0 heterocycles. The maximum atomic E-state index is 13.9. The molecule has 2 aromatic rings. The van der Waals surface area contributed by atoms with Crippen LogP contribution in [0.2, 0.25) is 10.0 Å². The number of amidine groups is 1. The fourth-order valence-corrected chi connectivity index (χ4v) is 2.09. The lowest BCUT2D eigenvalue weighted by Crippen LogP contribution is -2.14. The van der Waals surface area contributed by atoms with E-state index in [1.54, 1.807) is 30.3 Å². The monoisotopic (exact) mass is 327 g/mol. The highest BCUT2D eigenvalue weighted by Crippen LogP contribution is 2.26. The van der Waals surface area contributed by atoms with Gasteiger partial charge in [0.1, 0.15) is 5.82 Å². The number of oxime groups is 1. The zero-order chi connectivity index (χ0) is 15.4. The quantitative estimate of drug-likeness (QED) is 0.346. The molecule has 0 radical (unpaired) electrons. The van der Waals surface area contributed by atoms with Gasteiger partial charge in [0, 0.05) is 22.7 Å². The number of nitrogens with two attached hydrogens (primary N) is 1. The average molecular weight is 328 g/mol. The first-order valence-electron chi connectivity index (χ1n) is 5.96. The van der Waals surface area contributed by atoms with Gasteiger partial charge in [0.15, 0.2) is 5.84 Å². The van der Waals surface area contributed by atoms with E-state index in [-0.39, 0.29) is 12.4 Å². The Labute approximate surface area is 131 Å². The molecule has 0 bridgehead atoms. The van der Waals surface area contributed by atoms with Crippen LogP contribution in [0.5, 0.6) is 0 Å². The van der Waals surface area contributed by atoms with E-state index in [2.05, 4.69) is 10.5 Å². The molecule has 7 heteroatoms. The highest BCUT2D eigenvalue weighted by molar-refractivity contribution is 6.35. The van der Waals surface area contributed by atoms with Gasteiger partial charge in [-0.2, -0.15) is 0 Å². The SMILES string of the molecule is NC(=NO)c1ccc(CNc2cc(Cl)ccc2Cl)c(F)c1. The van der Waals surface area contributed by atoms with Gasteiger partial charge in [-0.3, -0.25) is 0 Å². The van der Waals surface area contributed by atoms with Gasteiger partial charge in [0.2, 0.25) is 0 Å². The van der Waals surface area contributed by atoms with Crippen molar-refractivity contribution in [2.45, 2.75) is 6.54 Å². The molecule has 0 aliphatic heterocycles. The van der Waals surface area contributed by atoms with Gasteiger partial charge in [-0.1, -0.05) is 40.5 Å². The van der Waals surface area contributed by atoms with Crippen molar-refractivity contribution >= 4 is 34.7 Å². The van der Waals surface area contributed by atoms with Crippen molar-refractivity contribution in [1.29, 1.82) is 0 Å². The fraction of sp³-hybridized carbons (Fsp3) is 0.0714. The summed E-state index contributed by atoms with van der Waals surface area (Å²) in [5.41, 5.74) is 6.74. The Hall–Kier alpha value is -1.98. The topological polar surface area (TPSA) is 70.6 Å². The number of nitrogens with zero attached hydrogens (tertiary/aromatic N) is 1. The second-order valence-electron chi connectivity index (χ2n) is 4.27. The third kappa shape index (κ3) is 3.77. The van der Waals surface area contributed by atoms with Gasteiger partial charge >= 0.3 is 0 Å². The van der Waals surface area contributed by atoms with Gasteiger partial charge in [0.25, 0.3) is 0 Å². The molecule has 4 N–H and O–H groups in total. The fourth-order valence-electron chi connectivity index (χ4n) is 1.73. The molecule has 0 aliphatic rings. The summed E-state index contributed by atoms with van der Waals surface area (Å²) in [4.78, 5) is 0. The Morgan fingerprint density at radius 2 is 2.00 bits per heavy atom. The molecule has 0 aliphatic carbocycles. The first-order valence-corrected chi connectivity index (χ1v) is 6.72. The first kappa shape index (κ1) is 15.4. The van der Waals surface area contributed by atoms with Gasteiger partial charge in [-0.25, -0.2) is 4.39 Å². The van der Waals surface area contributed by atoms with E-state index in [0.717, 1.165) is 0 Å². The molecule has 0 saturated carbocycles. The zero-order valence-electron chi connectivity index (χ0n) is 10.8. The van der Waals surface area contributed by atoms with Crippen molar-refractivity contribution in [2.24, 2.45) is 10.9 Å².